The third-order valence-corrected chi connectivity index (χ3v) is 4.02. The van der Waals surface area contributed by atoms with E-state index in [-0.39, 0.29) is 18.1 Å². The first-order valence-electron chi connectivity index (χ1n) is 8.00. The van der Waals surface area contributed by atoms with Crippen LogP contribution < -0.4 is 22.3 Å². The number of rotatable bonds is 7. The summed E-state index contributed by atoms with van der Waals surface area (Å²) in [6.45, 7) is 2.57. The van der Waals surface area contributed by atoms with Gasteiger partial charge in [-0.05, 0) is 18.4 Å². The standard InChI is InChI=1S/C17H24N4O3/c1-3-13(22)9-10-19-14-15(18)21(17(24)20(2)16(14)23)11-12-7-5-4-6-8-12/h4-8,13,19,22H,3,9-11,18H2,1-2H3. The predicted molar refractivity (Wildman–Crippen MR) is 95.3 cm³/mol. The van der Waals surface area contributed by atoms with Crippen molar-refractivity contribution < 1.29 is 5.11 Å². The van der Waals surface area contributed by atoms with E-state index < -0.39 is 17.4 Å². The van der Waals surface area contributed by atoms with Crippen molar-refractivity contribution in [2.24, 2.45) is 7.05 Å². The largest absolute Gasteiger partial charge is 0.393 e. The molecule has 0 bridgehead atoms. The van der Waals surface area contributed by atoms with E-state index in [1.54, 1.807) is 0 Å². The van der Waals surface area contributed by atoms with Crippen molar-refractivity contribution in [2.75, 3.05) is 17.6 Å². The summed E-state index contributed by atoms with van der Waals surface area (Å²) < 4.78 is 2.41. The lowest BCUT2D eigenvalue weighted by Gasteiger charge is -2.17. The molecule has 1 atom stereocenters. The molecule has 0 aliphatic carbocycles. The van der Waals surface area contributed by atoms with Gasteiger partial charge in [0, 0.05) is 13.6 Å². The van der Waals surface area contributed by atoms with E-state index in [1.165, 1.54) is 11.6 Å². The molecule has 4 N–H and O–H groups in total. The maximum absolute atomic E-state index is 12.4. The van der Waals surface area contributed by atoms with Crippen LogP contribution in [0.5, 0.6) is 0 Å². The number of aromatic nitrogens is 2. The average molecular weight is 332 g/mol. The zero-order valence-electron chi connectivity index (χ0n) is 14.0. The Hall–Kier alpha value is -2.54. The van der Waals surface area contributed by atoms with Gasteiger partial charge in [0.1, 0.15) is 11.5 Å². The van der Waals surface area contributed by atoms with Crippen molar-refractivity contribution in [3.63, 3.8) is 0 Å². The Morgan fingerprint density at radius 1 is 1.25 bits per heavy atom. The fraction of sp³-hybridized carbons (Fsp3) is 0.412. The molecule has 0 amide bonds. The molecule has 1 unspecified atom stereocenters. The van der Waals surface area contributed by atoms with Gasteiger partial charge in [-0.1, -0.05) is 37.3 Å². The Balaban J connectivity index is 2.34. The van der Waals surface area contributed by atoms with E-state index in [4.69, 9.17) is 5.73 Å². The topological polar surface area (TPSA) is 102 Å². The molecule has 24 heavy (non-hydrogen) atoms. The Morgan fingerprint density at radius 2 is 1.92 bits per heavy atom. The van der Waals surface area contributed by atoms with Gasteiger partial charge in [0.25, 0.3) is 5.56 Å². The number of hydrogen-bond acceptors (Lipinski definition) is 5. The van der Waals surface area contributed by atoms with Gasteiger partial charge in [-0.25, -0.2) is 4.79 Å². The van der Waals surface area contributed by atoms with Gasteiger partial charge in [-0.2, -0.15) is 0 Å². The lowest BCUT2D eigenvalue weighted by molar-refractivity contribution is 0.164. The van der Waals surface area contributed by atoms with Gasteiger partial charge in [-0.15, -0.1) is 0 Å². The van der Waals surface area contributed by atoms with Gasteiger partial charge in [-0.3, -0.25) is 13.9 Å². The van der Waals surface area contributed by atoms with Crippen LogP contribution in [0.2, 0.25) is 0 Å². The van der Waals surface area contributed by atoms with Crippen LogP contribution in [0.3, 0.4) is 0 Å². The molecule has 0 aliphatic rings. The van der Waals surface area contributed by atoms with Crippen molar-refractivity contribution in [1.82, 2.24) is 9.13 Å². The SMILES string of the molecule is CCC(O)CCNc1c(N)n(Cc2ccccc2)c(=O)n(C)c1=O. The second kappa shape index (κ2) is 7.83. The van der Waals surface area contributed by atoms with Crippen molar-refractivity contribution in [3.05, 3.63) is 56.7 Å². The fourth-order valence-electron chi connectivity index (χ4n) is 2.44. The predicted octanol–water partition coefficient (Wildman–Crippen LogP) is 0.750. The summed E-state index contributed by atoms with van der Waals surface area (Å²) in [5.41, 5.74) is 6.26. The Labute approximate surface area is 140 Å². The van der Waals surface area contributed by atoms with Crippen LogP contribution >= 0.6 is 0 Å². The Morgan fingerprint density at radius 3 is 2.54 bits per heavy atom. The summed E-state index contributed by atoms with van der Waals surface area (Å²) in [5.74, 6) is 0.109. The average Bonchev–Trinajstić information content (AvgIpc) is 2.60. The zero-order valence-corrected chi connectivity index (χ0v) is 14.0. The minimum Gasteiger partial charge on any atom is -0.393 e. The van der Waals surface area contributed by atoms with Crippen molar-refractivity contribution in [3.8, 4) is 0 Å². The highest BCUT2D eigenvalue weighted by Gasteiger charge is 2.15. The van der Waals surface area contributed by atoms with Gasteiger partial charge in [0.05, 0.1) is 12.6 Å². The van der Waals surface area contributed by atoms with Gasteiger partial charge in [0.15, 0.2) is 0 Å². The quantitative estimate of drug-likeness (QED) is 0.694. The molecule has 7 heteroatoms. The molecular weight excluding hydrogens is 308 g/mol. The van der Waals surface area contributed by atoms with Crippen LogP contribution in [-0.4, -0.2) is 26.9 Å². The lowest BCUT2D eigenvalue weighted by Crippen LogP contribution is -2.41. The van der Waals surface area contributed by atoms with Crippen molar-refractivity contribution in [1.29, 1.82) is 0 Å². The first-order valence-corrected chi connectivity index (χ1v) is 8.00. The number of aliphatic hydroxyl groups excluding tert-OH is 1. The van der Waals surface area contributed by atoms with Gasteiger partial charge < -0.3 is 16.2 Å². The summed E-state index contributed by atoms with van der Waals surface area (Å²) >= 11 is 0. The first-order chi connectivity index (χ1) is 11.5. The summed E-state index contributed by atoms with van der Waals surface area (Å²) in [7, 11) is 1.43. The summed E-state index contributed by atoms with van der Waals surface area (Å²) in [4.78, 5) is 24.7. The second-order valence-corrected chi connectivity index (χ2v) is 5.76. The number of nitrogens with one attached hydrogen (secondary N) is 1. The number of aliphatic hydroxyl groups is 1. The monoisotopic (exact) mass is 332 g/mol. The van der Waals surface area contributed by atoms with Gasteiger partial charge in [0.2, 0.25) is 0 Å². The van der Waals surface area contributed by atoms with E-state index in [9.17, 15) is 14.7 Å². The number of nitrogens with zero attached hydrogens (tertiary/aromatic N) is 2. The number of hydrogen-bond donors (Lipinski definition) is 3. The lowest BCUT2D eigenvalue weighted by atomic mass is 10.2. The van der Waals surface area contributed by atoms with Crippen LogP contribution in [0.15, 0.2) is 39.9 Å². The molecule has 1 aromatic carbocycles. The normalized spacial score (nSPS) is 12.1. The van der Waals surface area contributed by atoms with Crippen LogP contribution in [0.1, 0.15) is 25.3 Å². The zero-order chi connectivity index (χ0) is 17.7. The molecule has 0 saturated carbocycles. The van der Waals surface area contributed by atoms with E-state index in [1.807, 2.05) is 37.3 Å². The highest BCUT2D eigenvalue weighted by atomic mass is 16.3. The molecule has 7 nitrogen and oxygen atoms in total. The van der Waals surface area contributed by atoms with Crippen LogP contribution in [-0.2, 0) is 13.6 Å². The Kier molecular flexibility index (Phi) is 5.81. The van der Waals surface area contributed by atoms with Crippen LogP contribution in [0.4, 0.5) is 11.5 Å². The molecule has 1 aromatic heterocycles. The highest BCUT2D eigenvalue weighted by molar-refractivity contribution is 5.60. The number of nitrogens with two attached hydrogens (primary N) is 1. The number of benzene rings is 1. The van der Waals surface area contributed by atoms with E-state index in [2.05, 4.69) is 5.32 Å². The highest BCUT2D eigenvalue weighted by Crippen LogP contribution is 2.13. The van der Waals surface area contributed by atoms with E-state index in [0.29, 0.717) is 19.4 Å². The van der Waals surface area contributed by atoms with Gasteiger partial charge >= 0.3 is 5.69 Å². The second-order valence-electron chi connectivity index (χ2n) is 5.76. The van der Waals surface area contributed by atoms with E-state index >= 15 is 0 Å². The van der Waals surface area contributed by atoms with Crippen LogP contribution in [0, 0.1) is 0 Å². The molecule has 1 heterocycles. The molecule has 0 spiro atoms. The molecule has 2 aromatic rings. The van der Waals surface area contributed by atoms with Crippen molar-refractivity contribution >= 4 is 11.5 Å². The Bertz CT molecular complexity index is 796. The third kappa shape index (κ3) is 3.86. The molecule has 130 valence electrons. The maximum Gasteiger partial charge on any atom is 0.332 e. The summed E-state index contributed by atoms with van der Waals surface area (Å²) in [6.07, 6.45) is 0.706. The molecule has 2 rings (SSSR count). The first kappa shape index (κ1) is 17.8. The van der Waals surface area contributed by atoms with Crippen LogP contribution in [0.25, 0.3) is 0 Å². The minimum absolute atomic E-state index is 0.109. The summed E-state index contributed by atoms with van der Waals surface area (Å²) in [5, 5.41) is 12.6. The minimum atomic E-state index is -0.465. The number of nitrogen functional groups attached to an aromatic ring is 1. The molecule has 0 aliphatic heterocycles. The number of anilines is 2. The molecule has 0 saturated heterocycles. The van der Waals surface area contributed by atoms with Crippen molar-refractivity contribution in [2.45, 2.75) is 32.4 Å². The molecular formula is C17H24N4O3. The smallest absolute Gasteiger partial charge is 0.332 e. The third-order valence-electron chi connectivity index (χ3n) is 4.02. The molecule has 0 radical (unpaired) electrons. The fourth-order valence-corrected chi connectivity index (χ4v) is 2.44. The van der Waals surface area contributed by atoms with E-state index in [0.717, 1.165) is 10.1 Å². The maximum atomic E-state index is 12.4. The summed E-state index contributed by atoms with van der Waals surface area (Å²) in [6, 6.07) is 9.43. The molecule has 0 fully saturated rings.